The summed E-state index contributed by atoms with van der Waals surface area (Å²) in [5, 5.41) is 12.0. The summed E-state index contributed by atoms with van der Waals surface area (Å²) < 4.78 is 0. The van der Waals surface area contributed by atoms with E-state index in [2.05, 4.69) is 23.1 Å². The van der Waals surface area contributed by atoms with E-state index in [1.165, 1.54) is 6.08 Å². The quantitative estimate of drug-likeness (QED) is 0.685. The fraction of sp³-hybridized carbons (Fsp3) is 0. The summed E-state index contributed by atoms with van der Waals surface area (Å²) in [5.41, 5.74) is 0.583. The molecule has 0 radical (unpaired) electrons. The van der Waals surface area contributed by atoms with Crippen LogP contribution in [0.4, 0.5) is 0 Å². The van der Waals surface area contributed by atoms with Crippen molar-refractivity contribution in [3.63, 3.8) is 0 Å². The third kappa shape index (κ3) is 2.89. The number of hydrogen-bond donors (Lipinski definition) is 1. The molecule has 0 bridgehead atoms. The molecule has 0 spiro atoms. The molecule has 0 saturated carbocycles. The fourth-order valence-electron chi connectivity index (χ4n) is 1.50. The summed E-state index contributed by atoms with van der Waals surface area (Å²) in [6.07, 6.45) is 1.28. The molecule has 96 valence electrons. The summed E-state index contributed by atoms with van der Waals surface area (Å²) in [4.78, 5) is 17.2. The zero-order valence-electron chi connectivity index (χ0n) is 9.89. The molecule has 2 aromatic rings. The van der Waals surface area contributed by atoms with Crippen molar-refractivity contribution >= 4 is 24.3 Å². The molecule has 1 heterocycles. The van der Waals surface area contributed by atoms with Crippen molar-refractivity contribution in [3.8, 4) is 11.4 Å². The number of hydrogen-bond acceptors (Lipinski definition) is 3. The molecule has 0 atom stereocenters. The monoisotopic (exact) mass is 275 g/mol. The zero-order chi connectivity index (χ0) is 14.0. The molecule has 1 aromatic heterocycles. The van der Waals surface area contributed by atoms with E-state index in [4.69, 9.17) is 11.6 Å². The number of aromatic amines is 1. The minimum atomic E-state index is -0.573. The number of rotatable bonds is 3. The average molecular weight is 276 g/mol. The Morgan fingerprint density at radius 2 is 2.05 bits per heavy atom. The molecular weight excluding hydrogens is 266 g/mol. The first kappa shape index (κ1) is 13.0. The van der Waals surface area contributed by atoms with Crippen LogP contribution in [-0.2, 0) is 0 Å². The summed E-state index contributed by atoms with van der Waals surface area (Å²) in [6, 6.07) is 7.07. The predicted molar refractivity (Wildman–Crippen MR) is 74.4 cm³/mol. The molecular formula is C13H10ClN3O2. The van der Waals surface area contributed by atoms with Crippen LogP contribution in [0.3, 0.4) is 0 Å². The number of benzene rings is 1. The average Bonchev–Trinajstić information content (AvgIpc) is 2.71. The lowest BCUT2D eigenvalue weighted by molar-refractivity contribution is -0.415. The normalized spacial score (nSPS) is 11.5. The van der Waals surface area contributed by atoms with Crippen LogP contribution in [0.25, 0.3) is 24.0 Å². The maximum atomic E-state index is 10.5. The maximum Gasteiger partial charge on any atom is 0.264 e. The van der Waals surface area contributed by atoms with Gasteiger partial charge in [-0.1, -0.05) is 18.2 Å². The molecule has 0 unspecified atom stereocenters. The largest absolute Gasteiger partial charge is 0.338 e. The molecule has 5 nitrogen and oxygen atoms in total. The lowest BCUT2D eigenvalue weighted by Crippen LogP contribution is -2.23. The van der Waals surface area contributed by atoms with E-state index in [-0.39, 0.29) is 5.70 Å². The van der Waals surface area contributed by atoms with E-state index in [0.29, 0.717) is 21.5 Å². The summed E-state index contributed by atoms with van der Waals surface area (Å²) in [5.74, 6) is 0.573. The van der Waals surface area contributed by atoms with Crippen LogP contribution in [0.15, 0.2) is 36.5 Å². The molecule has 0 saturated heterocycles. The van der Waals surface area contributed by atoms with Crippen molar-refractivity contribution in [1.29, 1.82) is 0 Å². The first-order valence-electron chi connectivity index (χ1n) is 5.33. The van der Waals surface area contributed by atoms with Crippen LogP contribution in [0.5, 0.6) is 0 Å². The first-order chi connectivity index (χ1) is 8.97. The van der Waals surface area contributed by atoms with E-state index in [1.54, 1.807) is 24.3 Å². The van der Waals surface area contributed by atoms with Gasteiger partial charge in [0, 0.05) is 16.7 Å². The molecule has 0 aliphatic carbocycles. The molecule has 1 aromatic carbocycles. The van der Waals surface area contributed by atoms with Gasteiger partial charge >= 0.3 is 0 Å². The van der Waals surface area contributed by atoms with E-state index < -0.39 is 4.92 Å². The maximum absolute atomic E-state index is 10.5. The summed E-state index contributed by atoms with van der Waals surface area (Å²) >= 11 is 5.80. The van der Waals surface area contributed by atoms with Crippen LogP contribution in [0.1, 0.15) is 0 Å². The Bertz CT molecular complexity index is 747. The Morgan fingerprint density at radius 3 is 2.63 bits per heavy atom. The molecule has 19 heavy (non-hydrogen) atoms. The molecule has 0 amide bonds. The molecule has 0 aliphatic rings. The molecule has 2 rings (SSSR count). The highest BCUT2D eigenvalue weighted by Gasteiger charge is 2.05. The summed E-state index contributed by atoms with van der Waals surface area (Å²) in [6.45, 7) is 7.09. The van der Waals surface area contributed by atoms with Gasteiger partial charge in [0.1, 0.15) is 5.82 Å². The first-order valence-corrected chi connectivity index (χ1v) is 5.71. The topological polar surface area (TPSA) is 71.8 Å². The second kappa shape index (κ2) is 5.07. The van der Waals surface area contributed by atoms with Gasteiger partial charge in [-0.25, -0.2) is 4.98 Å². The van der Waals surface area contributed by atoms with Crippen LogP contribution in [0.2, 0.25) is 5.02 Å². The van der Waals surface area contributed by atoms with Gasteiger partial charge in [0.25, 0.3) is 5.70 Å². The van der Waals surface area contributed by atoms with Crippen LogP contribution in [0, 0.1) is 10.1 Å². The van der Waals surface area contributed by atoms with Crippen molar-refractivity contribution in [2.75, 3.05) is 0 Å². The minimum absolute atomic E-state index is 0.237. The Balaban J connectivity index is 2.47. The van der Waals surface area contributed by atoms with Crippen LogP contribution in [-0.4, -0.2) is 14.9 Å². The van der Waals surface area contributed by atoms with E-state index >= 15 is 0 Å². The fourth-order valence-corrected chi connectivity index (χ4v) is 1.62. The number of aromatic nitrogens is 2. The third-order valence-corrected chi connectivity index (χ3v) is 2.72. The van der Waals surface area contributed by atoms with Gasteiger partial charge < -0.3 is 4.98 Å². The lowest BCUT2D eigenvalue weighted by Gasteiger charge is -1.95. The van der Waals surface area contributed by atoms with E-state index in [0.717, 1.165) is 5.56 Å². The zero-order valence-corrected chi connectivity index (χ0v) is 10.6. The second-order valence-corrected chi connectivity index (χ2v) is 4.29. The van der Waals surface area contributed by atoms with Gasteiger partial charge in [-0.3, -0.25) is 10.1 Å². The highest BCUT2D eigenvalue weighted by Crippen LogP contribution is 2.16. The number of nitrogens with zero attached hydrogens (tertiary/aromatic N) is 2. The Kier molecular flexibility index (Phi) is 3.48. The van der Waals surface area contributed by atoms with Gasteiger partial charge in [-0.2, -0.15) is 0 Å². The molecule has 0 fully saturated rings. The number of allylic oxidation sites excluding steroid dienone is 1. The Hall–Kier alpha value is -2.40. The third-order valence-electron chi connectivity index (χ3n) is 2.47. The highest BCUT2D eigenvalue weighted by atomic mass is 35.5. The number of nitro groups is 1. The van der Waals surface area contributed by atoms with E-state index in [9.17, 15) is 10.1 Å². The van der Waals surface area contributed by atoms with Crippen molar-refractivity contribution < 1.29 is 4.92 Å². The Labute approximate surface area is 113 Å². The van der Waals surface area contributed by atoms with Crippen molar-refractivity contribution in [2.45, 2.75) is 0 Å². The van der Waals surface area contributed by atoms with Crippen molar-refractivity contribution in [2.24, 2.45) is 0 Å². The standard InChI is InChI=1S/C13H10ClN3O2/c1-8(17(18)19)7-12-9(2)15-13(16-12)10-3-5-11(14)6-4-10/h3-7H,1-2H2,(H,15,16)/b12-7+. The van der Waals surface area contributed by atoms with Gasteiger partial charge in [-0.05, 0) is 30.8 Å². The van der Waals surface area contributed by atoms with Crippen molar-refractivity contribution in [1.82, 2.24) is 9.97 Å². The van der Waals surface area contributed by atoms with Gasteiger partial charge in [0.15, 0.2) is 0 Å². The Morgan fingerprint density at radius 1 is 1.42 bits per heavy atom. The lowest BCUT2D eigenvalue weighted by atomic mass is 10.2. The van der Waals surface area contributed by atoms with Gasteiger partial charge in [-0.15, -0.1) is 0 Å². The predicted octanol–water partition coefficient (Wildman–Crippen LogP) is 1.71. The minimum Gasteiger partial charge on any atom is -0.338 e. The van der Waals surface area contributed by atoms with Crippen molar-refractivity contribution in [3.05, 3.63) is 62.4 Å². The van der Waals surface area contributed by atoms with E-state index in [1.807, 2.05) is 0 Å². The summed E-state index contributed by atoms with van der Waals surface area (Å²) in [7, 11) is 0. The molecule has 0 aliphatic heterocycles. The SMILES string of the molecule is C=C(/C=c1/nc(-c2ccc(Cl)cc2)[nH]c1=C)[N+](=O)[O-]. The number of halogens is 1. The van der Waals surface area contributed by atoms with Crippen LogP contribution < -0.4 is 10.7 Å². The highest BCUT2D eigenvalue weighted by molar-refractivity contribution is 6.30. The smallest absolute Gasteiger partial charge is 0.264 e. The number of nitrogens with one attached hydrogen (secondary N) is 1. The number of imidazole rings is 1. The number of H-pyrrole nitrogens is 1. The van der Waals surface area contributed by atoms with Crippen LogP contribution >= 0.6 is 11.6 Å². The second-order valence-electron chi connectivity index (χ2n) is 3.85. The van der Waals surface area contributed by atoms with Gasteiger partial charge in [0.2, 0.25) is 0 Å². The van der Waals surface area contributed by atoms with Gasteiger partial charge in [0.05, 0.1) is 15.6 Å². The molecule has 1 N–H and O–H groups in total. The molecule has 6 heteroatoms.